The van der Waals surface area contributed by atoms with E-state index in [1.54, 1.807) is 6.20 Å². The number of alkyl carbamates (subject to hydrolysis) is 1. The molecule has 2 aromatic rings. The molecule has 4 aliphatic rings. The minimum Gasteiger partial charge on any atom is -0.446 e. The first kappa shape index (κ1) is 15.6. The minimum atomic E-state index is -0.247. The number of nitrogens with zero attached hydrogens (tertiary/aromatic N) is 3. The number of hydrogen-bond donors (Lipinski definition) is 3. The second-order valence-corrected chi connectivity index (χ2v) is 7.86. The molecule has 6 rings (SSSR count). The number of carbonyl (C=O) groups excluding carboxylic acids is 1. The highest BCUT2D eigenvalue weighted by atomic mass is 16.6. The average molecular weight is 354 g/mol. The number of hydrogen-bond acceptors (Lipinski definition) is 6. The second-order valence-electron chi connectivity index (χ2n) is 7.86. The standard InChI is InChI=1S/C18H22N6O2/c25-17(21-18-8-11(9-18)10-18)26-13-4-3-12(6-13)14-7-16(24-22-14)20-15-2-1-5-19-23-15/h1-2,5,7,11-13H,3-4,6,8-10H2,(H,21,25)(H2,20,22,23,24)/t11?,12-,13+,18?/m0/s1. The number of ether oxygens (including phenoxy) is 1. The van der Waals surface area contributed by atoms with E-state index in [-0.39, 0.29) is 17.7 Å². The van der Waals surface area contributed by atoms with Gasteiger partial charge in [-0.3, -0.25) is 5.10 Å². The highest BCUT2D eigenvalue weighted by Crippen LogP contribution is 2.57. The van der Waals surface area contributed by atoms with Gasteiger partial charge in [0.25, 0.3) is 0 Å². The molecule has 0 saturated heterocycles. The molecule has 136 valence electrons. The van der Waals surface area contributed by atoms with Crippen LogP contribution in [0.1, 0.15) is 50.1 Å². The fraction of sp³-hybridized carbons (Fsp3) is 0.556. The molecular weight excluding hydrogens is 332 g/mol. The van der Waals surface area contributed by atoms with E-state index in [0.29, 0.717) is 17.6 Å². The molecule has 0 radical (unpaired) electrons. The third-order valence-corrected chi connectivity index (χ3v) is 5.93. The van der Waals surface area contributed by atoms with Crippen LogP contribution in [0.3, 0.4) is 0 Å². The lowest BCUT2D eigenvalue weighted by Gasteiger charge is -2.61. The lowest BCUT2D eigenvalue weighted by atomic mass is 9.50. The fourth-order valence-corrected chi connectivity index (χ4v) is 4.47. The van der Waals surface area contributed by atoms with Crippen LogP contribution in [0.2, 0.25) is 0 Å². The molecule has 1 amide bonds. The Morgan fingerprint density at radius 1 is 1.27 bits per heavy atom. The zero-order valence-electron chi connectivity index (χ0n) is 14.4. The zero-order chi connectivity index (χ0) is 17.6. The van der Waals surface area contributed by atoms with E-state index in [1.807, 2.05) is 18.2 Å². The largest absolute Gasteiger partial charge is 0.446 e. The third-order valence-electron chi connectivity index (χ3n) is 5.93. The Morgan fingerprint density at radius 2 is 2.15 bits per heavy atom. The average Bonchev–Trinajstić information content (AvgIpc) is 3.20. The molecular formula is C18H22N6O2. The summed E-state index contributed by atoms with van der Waals surface area (Å²) < 4.78 is 5.64. The molecule has 4 aliphatic carbocycles. The highest BCUT2D eigenvalue weighted by Gasteiger charge is 2.57. The van der Waals surface area contributed by atoms with E-state index in [2.05, 4.69) is 31.0 Å². The van der Waals surface area contributed by atoms with Crippen molar-refractivity contribution in [2.45, 2.75) is 56.1 Å². The van der Waals surface area contributed by atoms with Gasteiger partial charge in [0.1, 0.15) is 6.10 Å². The Hall–Kier alpha value is -2.64. The van der Waals surface area contributed by atoms with Crippen LogP contribution in [-0.4, -0.2) is 38.1 Å². The van der Waals surface area contributed by atoms with Crippen LogP contribution in [0.15, 0.2) is 24.4 Å². The summed E-state index contributed by atoms with van der Waals surface area (Å²) in [4.78, 5) is 12.1. The van der Waals surface area contributed by atoms with Crippen LogP contribution >= 0.6 is 0 Å². The molecule has 26 heavy (non-hydrogen) atoms. The normalized spacial score (nSPS) is 31.6. The van der Waals surface area contributed by atoms with Crippen molar-refractivity contribution in [3.63, 3.8) is 0 Å². The molecule has 0 aromatic carbocycles. The topological polar surface area (TPSA) is 105 Å². The lowest BCUT2D eigenvalue weighted by Crippen LogP contribution is -2.68. The van der Waals surface area contributed by atoms with Gasteiger partial charge >= 0.3 is 6.09 Å². The summed E-state index contributed by atoms with van der Waals surface area (Å²) in [6.45, 7) is 0. The monoisotopic (exact) mass is 354 g/mol. The molecule has 2 atom stereocenters. The summed E-state index contributed by atoms with van der Waals surface area (Å²) in [5.74, 6) is 2.54. The predicted octanol–water partition coefficient (Wildman–Crippen LogP) is 2.86. The van der Waals surface area contributed by atoms with Gasteiger partial charge < -0.3 is 15.4 Å². The number of aromatic nitrogens is 4. The van der Waals surface area contributed by atoms with Gasteiger partial charge in [-0.1, -0.05) is 0 Å². The van der Waals surface area contributed by atoms with Gasteiger partial charge in [-0.2, -0.15) is 10.2 Å². The van der Waals surface area contributed by atoms with Crippen molar-refractivity contribution >= 4 is 17.7 Å². The van der Waals surface area contributed by atoms with Crippen molar-refractivity contribution in [3.05, 3.63) is 30.1 Å². The Labute approximate surface area is 151 Å². The van der Waals surface area contributed by atoms with Crippen molar-refractivity contribution in [1.82, 2.24) is 25.7 Å². The van der Waals surface area contributed by atoms with E-state index >= 15 is 0 Å². The van der Waals surface area contributed by atoms with E-state index in [9.17, 15) is 4.79 Å². The van der Waals surface area contributed by atoms with Crippen molar-refractivity contribution in [1.29, 1.82) is 0 Å². The van der Waals surface area contributed by atoms with E-state index < -0.39 is 0 Å². The molecule has 2 aromatic heterocycles. The first-order valence-corrected chi connectivity index (χ1v) is 9.26. The SMILES string of the molecule is O=C(NC12CC(C1)C2)O[C@@H]1CC[C@H](c2cc(Nc3cccnn3)n[nH]2)C1. The summed E-state index contributed by atoms with van der Waals surface area (Å²) in [7, 11) is 0. The van der Waals surface area contributed by atoms with Crippen LogP contribution in [0.25, 0.3) is 0 Å². The summed E-state index contributed by atoms with van der Waals surface area (Å²) in [5, 5.41) is 21.4. The molecule has 2 bridgehead atoms. The second kappa shape index (κ2) is 5.96. The molecule has 4 saturated carbocycles. The smallest absolute Gasteiger partial charge is 0.407 e. The summed E-state index contributed by atoms with van der Waals surface area (Å²) in [6, 6.07) is 5.65. The number of anilines is 2. The van der Waals surface area contributed by atoms with E-state index in [0.717, 1.165) is 50.1 Å². The van der Waals surface area contributed by atoms with Gasteiger partial charge in [0.05, 0.1) is 0 Å². The van der Waals surface area contributed by atoms with Gasteiger partial charge in [0, 0.05) is 29.4 Å². The molecule has 0 unspecified atom stereocenters. The van der Waals surface area contributed by atoms with Crippen LogP contribution in [0.5, 0.6) is 0 Å². The van der Waals surface area contributed by atoms with Crippen molar-refractivity contribution < 1.29 is 9.53 Å². The summed E-state index contributed by atoms with van der Waals surface area (Å²) in [6.07, 6.45) is 7.45. The first-order valence-electron chi connectivity index (χ1n) is 9.26. The number of amides is 1. The van der Waals surface area contributed by atoms with Crippen LogP contribution < -0.4 is 10.6 Å². The maximum atomic E-state index is 12.1. The molecule has 0 spiro atoms. The molecule has 4 fully saturated rings. The molecule has 0 aliphatic heterocycles. The Kier molecular flexibility index (Phi) is 3.58. The zero-order valence-corrected chi connectivity index (χ0v) is 14.4. The van der Waals surface area contributed by atoms with Gasteiger partial charge in [-0.25, -0.2) is 4.79 Å². The van der Waals surface area contributed by atoms with Gasteiger partial charge in [0.15, 0.2) is 11.6 Å². The number of aromatic amines is 1. The van der Waals surface area contributed by atoms with Gasteiger partial charge in [-0.15, -0.1) is 5.10 Å². The first-order chi connectivity index (χ1) is 12.7. The number of nitrogens with one attached hydrogen (secondary N) is 3. The molecule has 3 N–H and O–H groups in total. The van der Waals surface area contributed by atoms with Gasteiger partial charge in [0.2, 0.25) is 0 Å². The van der Waals surface area contributed by atoms with Crippen molar-refractivity contribution in [2.75, 3.05) is 5.32 Å². The summed E-state index contributed by atoms with van der Waals surface area (Å²) in [5.41, 5.74) is 1.13. The maximum absolute atomic E-state index is 12.1. The van der Waals surface area contributed by atoms with Crippen LogP contribution in [-0.2, 0) is 4.74 Å². The van der Waals surface area contributed by atoms with Crippen LogP contribution in [0, 0.1) is 5.92 Å². The van der Waals surface area contributed by atoms with E-state index in [1.165, 1.54) is 0 Å². The van der Waals surface area contributed by atoms with Crippen molar-refractivity contribution in [3.8, 4) is 0 Å². The van der Waals surface area contributed by atoms with E-state index in [4.69, 9.17) is 4.74 Å². The van der Waals surface area contributed by atoms with Gasteiger partial charge in [-0.05, 0) is 56.6 Å². The summed E-state index contributed by atoms with van der Waals surface area (Å²) >= 11 is 0. The van der Waals surface area contributed by atoms with Crippen LogP contribution in [0.4, 0.5) is 16.4 Å². The molecule has 2 heterocycles. The fourth-order valence-electron chi connectivity index (χ4n) is 4.47. The number of H-pyrrole nitrogens is 1. The van der Waals surface area contributed by atoms with Crippen molar-refractivity contribution in [2.24, 2.45) is 5.92 Å². The highest BCUT2D eigenvalue weighted by molar-refractivity contribution is 5.69. The molecule has 8 heteroatoms. The Bertz CT molecular complexity index is 790. The third kappa shape index (κ3) is 2.89. The maximum Gasteiger partial charge on any atom is 0.407 e. The lowest BCUT2D eigenvalue weighted by molar-refractivity contribution is -0.0506. The number of rotatable bonds is 5. The quantitative estimate of drug-likeness (QED) is 0.762. The number of carbonyl (C=O) groups is 1. The molecule has 8 nitrogen and oxygen atoms in total. The Balaban J connectivity index is 1.14. The Morgan fingerprint density at radius 3 is 2.88 bits per heavy atom. The predicted molar refractivity (Wildman–Crippen MR) is 94.0 cm³/mol. The minimum absolute atomic E-state index is 0.0213.